The van der Waals surface area contributed by atoms with Gasteiger partial charge in [0.2, 0.25) is 0 Å². The summed E-state index contributed by atoms with van der Waals surface area (Å²) in [5.74, 6) is -0.631. The van der Waals surface area contributed by atoms with Crippen molar-refractivity contribution in [3.05, 3.63) is 35.9 Å². The lowest BCUT2D eigenvalue weighted by Crippen LogP contribution is -2.20. The van der Waals surface area contributed by atoms with Gasteiger partial charge < -0.3 is 24.1 Å². The van der Waals surface area contributed by atoms with Crippen LogP contribution >= 0.6 is 15.2 Å². The fourth-order valence-corrected chi connectivity index (χ4v) is 4.73. The van der Waals surface area contributed by atoms with Gasteiger partial charge in [0.1, 0.15) is 0 Å². The molecule has 0 aliphatic rings. The zero-order valence-corrected chi connectivity index (χ0v) is 15.2. The molecule has 1 rings (SSSR count). The maximum Gasteiger partial charge on any atom is 0.328 e. The van der Waals surface area contributed by atoms with E-state index in [2.05, 4.69) is 0 Å². The molecule has 0 fully saturated rings. The molecule has 1 aromatic rings. The molecule has 2 atom stereocenters. The molecule has 0 aliphatic carbocycles. The van der Waals surface area contributed by atoms with E-state index in [0.29, 0.717) is 13.0 Å². The summed E-state index contributed by atoms with van der Waals surface area (Å²) < 4.78 is 28.5. The normalized spacial score (nSPS) is 16.3. The molecule has 0 amide bonds. The number of rotatable bonds is 10. The number of nitrogens with zero attached hydrogens (tertiary/aromatic N) is 1. The van der Waals surface area contributed by atoms with Crippen molar-refractivity contribution >= 4 is 15.2 Å². The summed E-state index contributed by atoms with van der Waals surface area (Å²) in [4.78, 5) is 30.2. The lowest BCUT2D eigenvalue weighted by atomic mass is 10.0. The Balaban J connectivity index is 2.71. The van der Waals surface area contributed by atoms with Gasteiger partial charge in [-0.05, 0) is 32.0 Å². The Hall–Kier alpha value is -0.520. The van der Waals surface area contributed by atoms with Crippen LogP contribution in [-0.2, 0) is 20.1 Å². The standard InChI is InChI=1S/C14H25NO6P2/c1-15(2)8-9-21-23(19,20)12-14(11-22(16,17)18)10-13-6-4-3-5-7-13/h3-7,14H,8-12H2,1-2H3,(H,19,20)(H2,16,17,18). The van der Waals surface area contributed by atoms with E-state index in [9.17, 15) is 23.8 Å². The third-order valence-electron chi connectivity index (χ3n) is 3.18. The van der Waals surface area contributed by atoms with Crippen molar-refractivity contribution in [3.63, 3.8) is 0 Å². The van der Waals surface area contributed by atoms with Gasteiger partial charge in [0.15, 0.2) is 0 Å². The summed E-state index contributed by atoms with van der Waals surface area (Å²) in [6.45, 7) is 0.584. The predicted molar refractivity (Wildman–Crippen MR) is 89.7 cm³/mol. The van der Waals surface area contributed by atoms with E-state index in [-0.39, 0.29) is 12.8 Å². The highest BCUT2D eigenvalue weighted by molar-refractivity contribution is 7.53. The first-order valence-electron chi connectivity index (χ1n) is 7.27. The molecule has 0 saturated carbocycles. The number of benzene rings is 1. The Morgan fingerprint density at radius 3 is 2.22 bits per heavy atom. The minimum absolute atomic E-state index is 0.0920. The monoisotopic (exact) mass is 365 g/mol. The smallest absolute Gasteiger partial charge is 0.324 e. The van der Waals surface area contributed by atoms with Gasteiger partial charge in [0.05, 0.1) is 18.9 Å². The Kier molecular flexibility index (Phi) is 8.11. The molecule has 0 aromatic heterocycles. The van der Waals surface area contributed by atoms with Crippen molar-refractivity contribution in [2.24, 2.45) is 5.92 Å². The second-order valence-corrected chi connectivity index (χ2v) is 9.45. The molecule has 0 aliphatic heterocycles. The van der Waals surface area contributed by atoms with Crippen LogP contribution in [0.1, 0.15) is 5.56 Å². The Labute approximate surface area is 137 Å². The van der Waals surface area contributed by atoms with Gasteiger partial charge in [-0.25, -0.2) is 0 Å². The summed E-state index contributed by atoms with van der Waals surface area (Å²) in [5.41, 5.74) is 0.860. The zero-order valence-electron chi connectivity index (χ0n) is 13.4. The Bertz CT molecular complexity index is 560. The van der Waals surface area contributed by atoms with E-state index in [4.69, 9.17) is 4.52 Å². The van der Waals surface area contributed by atoms with Crippen molar-refractivity contribution < 1.29 is 28.3 Å². The Morgan fingerprint density at radius 2 is 1.70 bits per heavy atom. The van der Waals surface area contributed by atoms with E-state index in [1.807, 2.05) is 49.3 Å². The van der Waals surface area contributed by atoms with E-state index >= 15 is 0 Å². The van der Waals surface area contributed by atoms with Crippen LogP contribution in [0.3, 0.4) is 0 Å². The topological polar surface area (TPSA) is 107 Å². The Morgan fingerprint density at radius 1 is 1.09 bits per heavy atom. The lowest BCUT2D eigenvalue weighted by molar-refractivity contribution is 0.225. The van der Waals surface area contributed by atoms with Crippen LogP contribution in [0.5, 0.6) is 0 Å². The van der Waals surface area contributed by atoms with E-state index in [1.165, 1.54) is 0 Å². The third-order valence-corrected chi connectivity index (χ3v) is 5.74. The van der Waals surface area contributed by atoms with Crippen molar-refractivity contribution in [1.29, 1.82) is 0 Å². The largest absolute Gasteiger partial charge is 0.328 e. The van der Waals surface area contributed by atoms with Crippen LogP contribution in [0, 0.1) is 5.92 Å². The second kappa shape index (κ2) is 9.09. The van der Waals surface area contributed by atoms with E-state index in [1.54, 1.807) is 0 Å². The van der Waals surface area contributed by atoms with Crippen LogP contribution in [0.4, 0.5) is 0 Å². The second-order valence-electron chi connectivity index (χ2n) is 5.86. The van der Waals surface area contributed by atoms with Crippen LogP contribution in [0.25, 0.3) is 0 Å². The van der Waals surface area contributed by atoms with Gasteiger partial charge >= 0.3 is 15.2 Å². The molecular formula is C14H25NO6P2. The van der Waals surface area contributed by atoms with Gasteiger partial charge in [-0.1, -0.05) is 30.3 Å². The fourth-order valence-electron chi connectivity index (χ4n) is 2.22. The van der Waals surface area contributed by atoms with Crippen LogP contribution in [0.15, 0.2) is 30.3 Å². The van der Waals surface area contributed by atoms with Gasteiger partial charge in [-0.3, -0.25) is 9.13 Å². The molecule has 0 spiro atoms. The first-order chi connectivity index (χ1) is 10.6. The zero-order chi connectivity index (χ0) is 17.5. The van der Waals surface area contributed by atoms with Crippen molar-refractivity contribution in [2.75, 3.05) is 39.6 Å². The lowest BCUT2D eigenvalue weighted by Gasteiger charge is -2.21. The number of hydrogen-bond acceptors (Lipinski definition) is 4. The van der Waals surface area contributed by atoms with Crippen LogP contribution < -0.4 is 0 Å². The highest BCUT2D eigenvalue weighted by atomic mass is 31.2. The average molecular weight is 365 g/mol. The summed E-state index contributed by atoms with van der Waals surface area (Å²) >= 11 is 0. The molecule has 1 aromatic carbocycles. The molecule has 132 valence electrons. The highest BCUT2D eigenvalue weighted by Gasteiger charge is 2.30. The maximum absolute atomic E-state index is 12.1. The minimum atomic E-state index is -4.28. The third kappa shape index (κ3) is 10.0. The quantitative estimate of drug-likeness (QED) is 0.543. The molecule has 2 unspecified atom stereocenters. The highest BCUT2D eigenvalue weighted by Crippen LogP contribution is 2.47. The van der Waals surface area contributed by atoms with Crippen LogP contribution in [-0.4, -0.2) is 59.2 Å². The summed E-state index contributed by atoms with van der Waals surface area (Å²) in [7, 11) is -4.55. The molecule has 23 heavy (non-hydrogen) atoms. The first-order valence-corrected chi connectivity index (χ1v) is 10.8. The van der Waals surface area contributed by atoms with Crippen molar-refractivity contribution in [1.82, 2.24) is 4.90 Å². The van der Waals surface area contributed by atoms with Gasteiger partial charge in [-0.2, -0.15) is 0 Å². The molecule has 3 N–H and O–H groups in total. The van der Waals surface area contributed by atoms with Crippen molar-refractivity contribution in [3.8, 4) is 0 Å². The molecule has 0 radical (unpaired) electrons. The van der Waals surface area contributed by atoms with Crippen molar-refractivity contribution in [2.45, 2.75) is 6.42 Å². The van der Waals surface area contributed by atoms with Gasteiger partial charge in [-0.15, -0.1) is 0 Å². The summed E-state index contributed by atoms with van der Waals surface area (Å²) in [6, 6.07) is 9.11. The van der Waals surface area contributed by atoms with Gasteiger partial charge in [0.25, 0.3) is 0 Å². The molecular weight excluding hydrogens is 340 g/mol. The minimum Gasteiger partial charge on any atom is -0.324 e. The van der Waals surface area contributed by atoms with E-state index in [0.717, 1.165) is 5.56 Å². The SMILES string of the molecule is CN(C)CCOP(=O)(O)CC(Cc1ccccc1)CP(=O)(O)O. The van der Waals surface area contributed by atoms with Gasteiger partial charge in [0, 0.05) is 6.54 Å². The van der Waals surface area contributed by atoms with E-state index < -0.39 is 27.3 Å². The average Bonchev–Trinajstić information content (AvgIpc) is 2.36. The molecule has 9 heteroatoms. The van der Waals surface area contributed by atoms with Crippen LogP contribution in [0.2, 0.25) is 0 Å². The number of likely N-dealkylation sites (N-methyl/N-ethyl adjacent to an activating group) is 1. The molecule has 0 heterocycles. The molecule has 0 saturated heterocycles. The predicted octanol–water partition coefficient (Wildman–Crippen LogP) is 1.79. The molecule has 7 nitrogen and oxygen atoms in total. The fraction of sp³-hybridized carbons (Fsp3) is 0.571. The molecule has 0 bridgehead atoms. The summed E-state index contributed by atoms with van der Waals surface area (Å²) in [6.07, 6.45) is -0.405. The first kappa shape index (κ1) is 20.5. The number of hydrogen-bond donors (Lipinski definition) is 3. The maximum atomic E-state index is 12.1. The summed E-state index contributed by atoms with van der Waals surface area (Å²) in [5, 5.41) is 0.